The molecule has 0 aliphatic carbocycles. The fourth-order valence-corrected chi connectivity index (χ4v) is 6.86. The molecule has 6 nitrogen and oxygen atoms in total. The van der Waals surface area contributed by atoms with Crippen LogP contribution in [0.4, 0.5) is 0 Å². The van der Waals surface area contributed by atoms with Gasteiger partial charge in [0.05, 0.1) is 0 Å². The van der Waals surface area contributed by atoms with E-state index in [1.165, 1.54) is 89.9 Å². The lowest BCUT2D eigenvalue weighted by Gasteiger charge is -2.18. The summed E-state index contributed by atoms with van der Waals surface area (Å²) in [6.07, 6.45) is 66.8. The van der Waals surface area contributed by atoms with Crippen molar-refractivity contribution in [3.8, 4) is 0 Å². The highest BCUT2D eigenvalue weighted by atomic mass is 16.6. The van der Waals surface area contributed by atoms with Crippen LogP contribution in [-0.4, -0.2) is 37.2 Å². The van der Waals surface area contributed by atoms with Crippen LogP contribution in [-0.2, 0) is 28.6 Å². The van der Waals surface area contributed by atoms with Crippen molar-refractivity contribution in [1.82, 2.24) is 0 Å². The van der Waals surface area contributed by atoms with E-state index in [9.17, 15) is 14.4 Å². The molecular formula is C57H94O6. The van der Waals surface area contributed by atoms with Gasteiger partial charge in [-0.2, -0.15) is 0 Å². The first-order chi connectivity index (χ1) is 31.0. The summed E-state index contributed by atoms with van der Waals surface area (Å²) in [5, 5.41) is 0. The van der Waals surface area contributed by atoms with Crippen LogP contribution in [0.1, 0.15) is 226 Å². The Labute approximate surface area is 387 Å². The first-order valence-corrected chi connectivity index (χ1v) is 25.8. The third kappa shape index (κ3) is 49.2. The Kier molecular flexibility index (Phi) is 48.0. The summed E-state index contributed by atoms with van der Waals surface area (Å²) in [5.41, 5.74) is 0. The van der Waals surface area contributed by atoms with E-state index in [4.69, 9.17) is 14.2 Å². The van der Waals surface area contributed by atoms with Crippen LogP contribution in [0, 0.1) is 0 Å². The molecule has 0 aromatic carbocycles. The molecule has 0 aliphatic rings. The first-order valence-electron chi connectivity index (χ1n) is 25.8. The van der Waals surface area contributed by atoms with E-state index in [-0.39, 0.29) is 37.5 Å². The fourth-order valence-electron chi connectivity index (χ4n) is 6.86. The quantitative estimate of drug-likeness (QED) is 0.0199. The second-order valence-corrected chi connectivity index (χ2v) is 16.8. The number of rotatable bonds is 45. The Balaban J connectivity index is 4.43. The van der Waals surface area contributed by atoms with Crippen LogP contribution in [0.2, 0.25) is 0 Å². The summed E-state index contributed by atoms with van der Waals surface area (Å²) in [5.74, 6) is -0.972. The van der Waals surface area contributed by atoms with E-state index in [1.807, 2.05) is 36.5 Å². The summed E-state index contributed by atoms with van der Waals surface area (Å²) >= 11 is 0. The van der Waals surface area contributed by atoms with Crippen molar-refractivity contribution in [3.05, 3.63) is 97.2 Å². The van der Waals surface area contributed by atoms with Gasteiger partial charge in [-0.25, -0.2) is 0 Å². The van der Waals surface area contributed by atoms with Gasteiger partial charge in [-0.05, 0) is 83.5 Å². The number of hydrogen-bond donors (Lipinski definition) is 0. The van der Waals surface area contributed by atoms with Crippen molar-refractivity contribution in [2.24, 2.45) is 0 Å². The normalized spacial score (nSPS) is 12.9. The summed E-state index contributed by atoms with van der Waals surface area (Å²) < 4.78 is 16.7. The van der Waals surface area contributed by atoms with Crippen LogP contribution >= 0.6 is 0 Å². The van der Waals surface area contributed by atoms with Gasteiger partial charge in [0.1, 0.15) is 13.2 Å². The molecule has 0 aliphatic heterocycles. The number of allylic oxidation sites excluding steroid dienone is 16. The summed E-state index contributed by atoms with van der Waals surface area (Å²) in [6.45, 7) is 6.30. The van der Waals surface area contributed by atoms with Crippen LogP contribution in [0.3, 0.4) is 0 Å². The van der Waals surface area contributed by atoms with Crippen LogP contribution in [0.15, 0.2) is 97.2 Å². The molecule has 1 atom stereocenters. The van der Waals surface area contributed by atoms with Crippen molar-refractivity contribution in [2.75, 3.05) is 13.2 Å². The number of hydrogen-bond acceptors (Lipinski definition) is 6. The molecule has 0 amide bonds. The zero-order chi connectivity index (χ0) is 45.8. The summed E-state index contributed by atoms with van der Waals surface area (Å²) in [6, 6.07) is 0. The molecule has 0 N–H and O–H groups in total. The molecule has 0 fully saturated rings. The van der Waals surface area contributed by atoms with Crippen LogP contribution in [0.25, 0.3) is 0 Å². The van der Waals surface area contributed by atoms with Crippen molar-refractivity contribution >= 4 is 17.9 Å². The monoisotopic (exact) mass is 875 g/mol. The van der Waals surface area contributed by atoms with E-state index in [2.05, 4.69) is 81.5 Å². The third-order valence-corrected chi connectivity index (χ3v) is 10.7. The highest BCUT2D eigenvalue weighted by molar-refractivity contribution is 5.71. The molecule has 0 rings (SSSR count). The Bertz CT molecular complexity index is 1280. The second kappa shape index (κ2) is 51.0. The van der Waals surface area contributed by atoms with E-state index >= 15 is 0 Å². The number of ether oxygens (including phenoxy) is 3. The molecule has 0 radical (unpaired) electrons. The van der Waals surface area contributed by atoms with Gasteiger partial charge < -0.3 is 14.2 Å². The van der Waals surface area contributed by atoms with Gasteiger partial charge in [0.25, 0.3) is 0 Å². The van der Waals surface area contributed by atoms with E-state index in [0.29, 0.717) is 19.3 Å². The van der Waals surface area contributed by atoms with Gasteiger partial charge in [0.2, 0.25) is 0 Å². The zero-order valence-corrected chi connectivity index (χ0v) is 40.8. The maximum Gasteiger partial charge on any atom is 0.306 e. The number of carbonyl (C=O) groups is 3. The summed E-state index contributed by atoms with van der Waals surface area (Å²) in [4.78, 5) is 37.9. The lowest BCUT2D eigenvalue weighted by atomic mass is 10.1. The molecule has 0 saturated heterocycles. The molecule has 63 heavy (non-hydrogen) atoms. The maximum atomic E-state index is 12.8. The van der Waals surface area contributed by atoms with E-state index in [0.717, 1.165) is 89.9 Å². The van der Waals surface area contributed by atoms with Gasteiger partial charge >= 0.3 is 17.9 Å². The minimum Gasteiger partial charge on any atom is -0.462 e. The molecule has 0 bridgehead atoms. The largest absolute Gasteiger partial charge is 0.462 e. The molecule has 0 saturated carbocycles. The van der Waals surface area contributed by atoms with Crippen molar-refractivity contribution in [1.29, 1.82) is 0 Å². The molecule has 358 valence electrons. The predicted molar refractivity (Wildman–Crippen MR) is 270 cm³/mol. The van der Waals surface area contributed by atoms with Gasteiger partial charge in [-0.15, -0.1) is 0 Å². The highest BCUT2D eigenvalue weighted by Gasteiger charge is 2.19. The Hall–Kier alpha value is -3.67. The SMILES string of the molecule is CC/C=C/C=C/C=C/C=C/CCCCCC(=O)OC(COC(=O)CCCCCCC/C=C/C=C/C=C/CC)COC(=O)CCCCCCCCC/C=C/CCCCCCCCCC. The maximum absolute atomic E-state index is 12.8. The number of carbonyl (C=O) groups excluding carboxylic acids is 3. The van der Waals surface area contributed by atoms with Crippen molar-refractivity contribution in [3.63, 3.8) is 0 Å². The predicted octanol–water partition coefficient (Wildman–Crippen LogP) is 17.0. The lowest BCUT2D eigenvalue weighted by Crippen LogP contribution is -2.30. The Morgan fingerprint density at radius 1 is 0.333 bits per heavy atom. The minimum atomic E-state index is -0.808. The van der Waals surface area contributed by atoms with Crippen LogP contribution < -0.4 is 0 Å². The van der Waals surface area contributed by atoms with E-state index < -0.39 is 6.10 Å². The average molecular weight is 875 g/mol. The molecule has 0 spiro atoms. The Morgan fingerprint density at radius 3 is 1.03 bits per heavy atom. The molecule has 6 heteroatoms. The topological polar surface area (TPSA) is 78.9 Å². The van der Waals surface area contributed by atoms with Gasteiger partial charge in [-0.1, -0.05) is 221 Å². The highest BCUT2D eigenvalue weighted by Crippen LogP contribution is 2.14. The Morgan fingerprint density at radius 2 is 0.635 bits per heavy atom. The lowest BCUT2D eigenvalue weighted by molar-refractivity contribution is -0.167. The molecule has 1 unspecified atom stereocenters. The zero-order valence-electron chi connectivity index (χ0n) is 40.8. The average Bonchev–Trinajstić information content (AvgIpc) is 3.28. The molecular weight excluding hydrogens is 781 g/mol. The van der Waals surface area contributed by atoms with Crippen LogP contribution in [0.5, 0.6) is 0 Å². The van der Waals surface area contributed by atoms with Gasteiger partial charge in [-0.3, -0.25) is 14.4 Å². The smallest absolute Gasteiger partial charge is 0.306 e. The fraction of sp³-hybridized carbons (Fsp3) is 0.667. The second-order valence-electron chi connectivity index (χ2n) is 16.8. The minimum absolute atomic E-state index is 0.104. The first kappa shape index (κ1) is 59.3. The molecule has 0 aromatic rings. The molecule has 0 heterocycles. The van der Waals surface area contributed by atoms with E-state index in [1.54, 1.807) is 0 Å². The van der Waals surface area contributed by atoms with Gasteiger partial charge in [0, 0.05) is 19.3 Å². The van der Waals surface area contributed by atoms with Crippen molar-refractivity contribution < 1.29 is 28.6 Å². The third-order valence-electron chi connectivity index (χ3n) is 10.7. The van der Waals surface area contributed by atoms with Gasteiger partial charge in [0.15, 0.2) is 6.10 Å². The standard InChI is InChI=1S/C57H94O6/c1-4-7-10-13-16-19-22-25-26-27-28-29-30-33-35-38-41-44-47-50-56(59)62-53-54(63-57(60)51-48-45-42-39-36-32-24-21-18-15-12-9-6-3)52-61-55(58)49-46-43-40-37-34-31-23-20-17-14-11-8-5-2/h8-9,11-12,14-15,17-18,20-21,23-24,27-28,32,36,54H,4-7,10,13,16,19,22,25-26,29-31,33-35,37-53H2,1-3H3/b11-8+,12-9+,17-14+,18-15+,23-20+,24-21+,28-27+,36-32+. The van der Waals surface area contributed by atoms with Crippen molar-refractivity contribution in [2.45, 2.75) is 232 Å². The number of unbranched alkanes of at least 4 members (excludes halogenated alkanes) is 23. The number of esters is 3. The molecule has 0 aromatic heterocycles. The summed E-state index contributed by atoms with van der Waals surface area (Å²) in [7, 11) is 0.